The summed E-state index contributed by atoms with van der Waals surface area (Å²) in [7, 11) is 1.48. The highest BCUT2D eigenvalue weighted by Gasteiger charge is 2.17. The quantitative estimate of drug-likeness (QED) is 0.626. The smallest absolute Gasteiger partial charge is 0.401 e. The normalized spacial score (nSPS) is 9.62. The molecule has 0 saturated heterocycles. The van der Waals surface area contributed by atoms with Gasteiger partial charge in [-0.15, -0.1) is 0 Å². The molecule has 1 rings (SSSR count). The number of carboxylic acid groups (broad SMARTS) is 2. The second-order valence-corrected chi connectivity index (χ2v) is 2.52. The predicted octanol–water partition coefficient (Wildman–Crippen LogP) is -0.0925. The Balaban J connectivity index is 3.20. The van der Waals surface area contributed by atoms with Gasteiger partial charge < -0.3 is 10.2 Å². The first-order valence-electron chi connectivity index (χ1n) is 3.48. The number of rotatable bonds is 2. The largest absolute Gasteiger partial charge is 0.477 e. The van der Waals surface area contributed by atoms with Crippen molar-refractivity contribution in [3.8, 4) is 0 Å². The topological polar surface area (TPSA) is 78.5 Å². The van der Waals surface area contributed by atoms with Gasteiger partial charge in [0.2, 0.25) is 0 Å². The van der Waals surface area contributed by atoms with Crippen molar-refractivity contribution in [3.05, 3.63) is 29.6 Å². The zero-order valence-electron chi connectivity index (χ0n) is 6.89. The molecule has 0 fully saturated rings. The fraction of sp³-hybridized carbons (Fsp3) is 0.125. The molecule has 0 aliphatic carbocycles. The van der Waals surface area contributed by atoms with E-state index in [-0.39, 0.29) is 11.3 Å². The molecule has 0 atom stereocenters. The van der Waals surface area contributed by atoms with Gasteiger partial charge in [-0.25, -0.2) is 9.59 Å². The molecule has 13 heavy (non-hydrogen) atoms. The molecule has 5 nitrogen and oxygen atoms in total. The molecule has 1 aromatic heterocycles. The highest BCUT2D eigenvalue weighted by atomic mass is 16.4. The Bertz CT molecular complexity index is 372. The minimum Gasteiger partial charge on any atom is -0.477 e. The lowest BCUT2D eigenvalue weighted by Gasteiger charge is -1.95. The number of carboxylic acids is 2. The number of aromatic nitrogens is 1. The summed E-state index contributed by atoms with van der Waals surface area (Å²) in [5.41, 5.74) is 0.109. The third-order valence-electron chi connectivity index (χ3n) is 1.60. The van der Waals surface area contributed by atoms with Crippen molar-refractivity contribution >= 4 is 11.9 Å². The van der Waals surface area contributed by atoms with Crippen molar-refractivity contribution in [2.45, 2.75) is 0 Å². The van der Waals surface area contributed by atoms with E-state index in [1.54, 1.807) is 0 Å². The summed E-state index contributed by atoms with van der Waals surface area (Å²) in [4.78, 5) is 21.0. The molecule has 68 valence electrons. The maximum absolute atomic E-state index is 10.5. The van der Waals surface area contributed by atoms with E-state index >= 15 is 0 Å². The average molecular weight is 182 g/mol. The fourth-order valence-electron chi connectivity index (χ4n) is 0.956. The highest BCUT2D eigenvalue weighted by molar-refractivity contribution is 5.88. The number of aryl methyl sites for hydroxylation is 1. The van der Waals surface area contributed by atoms with Crippen LogP contribution in [0.1, 0.15) is 20.8 Å². The van der Waals surface area contributed by atoms with E-state index in [9.17, 15) is 9.59 Å². The second kappa shape index (κ2) is 3.22. The SMILES string of the molecule is C[n+]1cc(C(=O)O)ccc1C(=O)O. The van der Waals surface area contributed by atoms with Gasteiger partial charge in [0.05, 0.1) is 0 Å². The van der Waals surface area contributed by atoms with Gasteiger partial charge in [0.25, 0.3) is 5.69 Å². The van der Waals surface area contributed by atoms with Crippen LogP contribution < -0.4 is 4.57 Å². The molecule has 1 heterocycles. The number of hydrogen-bond donors (Lipinski definition) is 2. The Morgan fingerprint density at radius 3 is 2.23 bits per heavy atom. The minimum atomic E-state index is -1.08. The third-order valence-corrected chi connectivity index (χ3v) is 1.60. The first-order valence-corrected chi connectivity index (χ1v) is 3.48. The van der Waals surface area contributed by atoms with Gasteiger partial charge in [0.1, 0.15) is 12.6 Å². The van der Waals surface area contributed by atoms with Gasteiger partial charge in [-0.1, -0.05) is 0 Å². The summed E-state index contributed by atoms with van der Waals surface area (Å²) in [5, 5.41) is 17.2. The molecule has 0 amide bonds. The van der Waals surface area contributed by atoms with E-state index in [1.165, 1.54) is 29.9 Å². The number of nitrogens with zero attached hydrogens (tertiary/aromatic N) is 1. The van der Waals surface area contributed by atoms with Gasteiger partial charge in [-0.05, 0) is 6.07 Å². The van der Waals surface area contributed by atoms with Gasteiger partial charge in [0, 0.05) is 6.07 Å². The van der Waals surface area contributed by atoms with Gasteiger partial charge in [-0.2, -0.15) is 4.57 Å². The zero-order chi connectivity index (χ0) is 10.0. The van der Waals surface area contributed by atoms with Crippen LogP contribution in [0.3, 0.4) is 0 Å². The number of carbonyl (C=O) groups is 2. The second-order valence-electron chi connectivity index (χ2n) is 2.52. The molecular weight excluding hydrogens is 174 g/mol. The average Bonchev–Trinajstić information content (AvgIpc) is 2.03. The van der Waals surface area contributed by atoms with Crippen LogP contribution in [0.15, 0.2) is 18.3 Å². The lowest BCUT2D eigenvalue weighted by Crippen LogP contribution is -2.36. The molecule has 5 heteroatoms. The molecule has 0 unspecified atom stereocenters. The van der Waals surface area contributed by atoms with Crippen LogP contribution in [0.4, 0.5) is 0 Å². The predicted molar refractivity (Wildman–Crippen MR) is 41.5 cm³/mol. The van der Waals surface area contributed by atoms with Gasteiger partial charge in [0.15, 0.2) is 6.20 Å². The van der Waals surface area contributed by atoms with Crippen LogP contribution in [-0.4, -0.2) is 22.2 Å². The van der Waals surface area contributed by atoms with Crippen molar-refractivity contribution < 1.29 is 24.4 Å². The van der Waals surface area contributed by atoms with E-state index in [4.69, 9.17) is 10.2 Å². The van der Waals surface area contributed by atoms with Gasteiger partial charge in [-0.3, -0.25) is 0 Å². The number of hydrogen-bond acceptors (Lipinski definition) is 2. The Kier molecular flexibility index (Phi) is 2.27. The molecule has 0 bridgehead atoms. The maximum Gasteiger partial charge on any atom is 0.401 e. The molecule has 0 aromatic carbocycles. The van der Waals surface area contributed by atoms with Crippen LogP contribution in [0.25, 0.3) is 0 Å². The number of aromatic carboxylic acids is 2. The molecule has 0 radical (unpaired) electrons. The monoisotopic (exact) mass is 182 g/mol. The molecule has 0 aliphatic heterocycles. The Hall–Kier alpha value is -1.91. The Labute approximate surface area is 73.9 Å². The van der Waals surface area contributed by atoms with E-state index in [1.807, 2.05) is 0 Å². The zero-order valence-corrected chi connectivity index (χ0v) is 6.89. The fourth-order valence-corrected chi connectivity index (χ4v) is 0.956. The van der Waals surface area contributed by atoms with Crippen molar-refractivity contribution in [3.63, 3.8) is 0 Å². The summed E-state index contributed by atoms with van der Waals surface area (Å²) < 4.78 is 1.26. The van der Waals surface area contributed by atoms with Crippen LogP contribution in [0.5, 0.6) is 0 Å². The maximum atomic E-state index is 10.5. The van der Waals surface area contributed by atoms with Crippen LogP contribution in [-0.2, 0) is 7.05 Å². The van der Waals surface area contributed by atoms with Crippen LogP contribution in [0.2, 0.25) is 0 Å². The molecule has 0 aliphatic rings. The molecule has 0 spiro atoms. The van der Waals surface area contributed by atoms with Crippen molar-refractivity contribution in [1.29, 1.82) is 0 Å². The lowest BCUT2D eigenvalue weighted by atomic mass is 10.2. The van der Waals surface area contributed by atoms with Gasteiger partial charge >= 0.3 is 11.9 Å². The van der Waals surface area contributed by atoms with Crippen molar-refractivity contribution in [1.82, 2.24) is 0 Å². The van der Waals surface area contributed by atoms with Crippen molar-refractivity contribution in [2.24, 2.45) is 7.05 Å². The molecule has 0 saturated carbocycles. The summed E-state index contributed by atoms with van der Waals surface area (Å²) >= 11 is 0. The van der Waals surface area contributed by atoms with Crippen LogP contribution >= 0.6 is 0 Å². The molecule has 1 aromatic rings. The minimum absolute atomic E-state index is 0.0463. The molecule has 2 N–H and O–H groups in total. The standard InChI is InChI=1S/C8H7NO4/c1-9-4-5(7(10)11)2-3-6(9)8(12)13/h2-4H,1H3,(H-,10,11,12,13)/p+1. The van der Waals surface area contributed by atoms with E-state index in [0.717, 1.165) is 0 Å². The third kappa shape index (κ3) is 1.81. The first kappa shape index (κ1) is 9.18. The number of pyridine rings is 1. The van der Waals surface area contributed by atoms with Crippen LogP contribution in [0, 0.1) is 0 Å². The summed E-state index contributed by atoms with van der Waals surface area (Å²) in [6.45, 7) is 0. The summed E-state index contributed by atoms with van der Waals surface area (Å²) in [5.74, 6) is -2.16. The lowest BCUT2D eigenvalue weighted by molar-refractivity contribution is -0.674. The summed E-state index contributed by atoms with van der Waals surface area (Å²) in [6, 6.07) is 2.51. The van der Waals surface area contributed by atoms with Crippen molar-refractivity contribution in [2.75, 3.05) is 0 Å². The highest BCUT2D eigenvalue weighted by Crippen LogP contribution is 1.97. The Morgan fingerprint density at radius 2 is 1.85 bits per heavy atom. The van der Waals surface area contributed by atoms with E-state index in [2.05, 4.69) is 0 Å². The molecular formula is C8H8NO4+. The first-order chi connectivity index (χ1) is 6.02. The van der Waals surface area contributed by atoms with E-state index < -0.39 is 11.9 Å². The Morgan fingerprint density at radius 1 is 1.23 bits per heavy atom. The van der Waals surface area contributed by atoms with E-state index in [0.29, 0.717) is 0 Å². The summed E-state index contributed by atoms with van der Waals surface area (Å²) in [6.07, 6.45) is 1.26.